The fourth-order valence-electron chi connectivity index (χ4n) is 2.25. The second-order valence-electron chi connectivity index (χ2n) is 4.56. The third kappa shape index (κ3) is 2.45. The molecule has 0 aliphatic rings. The number of carboxylic acid groups (broad SMARTS) is 1. The van der Waals surface area contributed by atoms with Gasteiger partial charge in [0.15, 0.2) is 11.5 Å². The molecule has 0 saturated carbocycles. The minimum absolute atomic E-state index is 0.117. The summed E-state index contributed by atoms with van der Waals surface area (Å²) >= 11 is 0. The van der Waals surface area contributed by atoms with Crippen molar-refractivity contribution in [3.05, 3.63) is 59.5 Å². The molecule has 0 aliphatic carbocycles. The number of hydrogen-bond donors (Lipinski definition) is 1. The van der Waals surface area contributed by atoms with E-state index in [0.29, 0.717) is 23.4 Å². The highest BCUT2D eigenvalue weighted by molar-refractivity contribution is 5.99. The second kappa shape index (κ2) is 5.28. The molecule has 0 fully saturated rings. The Hall–Kier alpha value is -2.82. The highest BCUT2D eigenvalue weighted by Crippen LogP contribution is 2.25. The maximum atomic E-state index is 11.2. The van der Waals surface area contributed by atoms with E-state index in [1.54, 1.807) is 19.2 Å². The summed E-state index contributed by atoms with van der Waals surface area (Å²) in [5.41, 5.74) is 1.89. The number of rotatable bonds is 4. The Balaban J connectivity index is 2.02. The first-order chi connectivity index (χ1) is 10.2. The van der Waals surface area contributed by atoms with E-state index >= 15 is 0 Å². The van der Waals surface area contributed by atoms with Crippen LogP contribution in [0.15, 0.2) is 46.9 Å². The van der Waals surface area contributed by atoms with E-state index < -0.39 is 5.97 Å². The van der Waals surface area contributed by atoms with E-state index in [1.165, 1.54) is 6.07 Å². The van der Waals surface area contributed by atoms with Crippen LogP contribution in [0.1, 0.15) is 21.8 Å². The summed E-state index contributed by atoms with van der Waals surface area (Å²) in [7, 11) is 1.60. The fraction of sp³-hybridized carbons (Fsp3) is 0.125. The minimum Gasteiger partial charge on any atom is -0.496 e. The molecule has 5 nitrogen and oxygen atoms in total. The number of benzene rings is 2. The number of ether oxygens (including phenoxy) is 1. The third-order valence-corrected chi connectivity index (χ3v) is 3.22. The third-order valence-electron chi connectivity index (χ3n) is 3.22. The number of oxazole rings is 1. The van der Waals surface area contributed by atoms with Crippen LogP contribution in [-0.2, 0) is 6.42 Å². The number of aromatic carboxylic acids is 1. The Morgan fingerprint density at radius 3 is 2.81 bits per heavy atom. The van der Waals surface area contributed by atoms with E-state index in [0.717, 1.165) is 11.3 Å². The highest BCUT2D eigenvalue weighted by atomic mass is 16.5. The predicted molar refractivity (Wildman–Crippen MR) is 76.8 cm³/mol. The summed E-state index contributed by atoms with van der Waals surface area (Å²) in [6, 6.07) is 12.5. The average Bonchev–Trinajstić information content (AvgIpc) is 2.89. The Labute approximate surface area is 120 Å². The lowest BCUT2D eigenvalue weighted by atomic mass is 10.1. The zero-order chi connectivity index (χ0) is 14.8. The molecule has 0 saturated heterocycles. The van der Waals surface area contributed by atoms with Gasteiger partial charge in [0, 0.05) is 5.56 Å². The first-order valence-corrected chi connectivity index (χ1v) is 6.42. The molecular formula is C16H13NO4. The highest BCUT2D eigenvalue weighted by Gasteiger charge is 2.15. The molecule has 106 valence electrons. The zero-order valence-corrected chi connectivity index (χ0v) is 11.4. The first-order valence-electron chi connectivity index (χ1n) is 6.42. The van der Waals surface area contributed by atoms with Crippen LogP contribution in [-0.4, -0.2) is 23.2 Å². The van der Waals surface area contributed by atoms with Crippen molar-refractivity contribution in [1.29, 1.82) is 0 Å². The molecule has 0 radical (unpaired) electrons. The van der Waals surface area contributed by atoms with Crippen molar-refractivity contribution in [1.82, 2.24) is 4.98 Å². The smallest absolute Gasteiger partial charge is 0.339 e. The summed E-state index contributed by atoms with van der Waals surface area (Å²) in [4.78, 5) is 15.5. The van der Waals surface area contributed by atoms with Crippen LogP contribution in [0.5, 0.6) is 5.75 Å². The van der Waals surface area contributed by atoms with Crippen LogP contribution < -0.4 is 4.74 Å². The number of hydrogen-bond acceptors (Lipinski definition) is 4. The standard InChI is InChI=1S/C16H13NO4/c1-20-13-8-3-2-5-10(13)9-14-17-12-7-4-6-11(16(18)19)15(12)21-14/h2-8H,9H2,1H3,(H,18,19). The Morgan fingerprint density at radius 1 is 1.24 bits per heavy atom. The van der Waals surface area contributed by atoms with E-state index in [1.807, 2.05) is 24.3 Å². The Morgan fingerprint density at radius 2 is 2.05 bits per heavy atom. The topological polar surface area (TPSA) is 72.6 Å². The number of nitrogens with zero attached hydrogens (tertiary/aromatic N) is 1. The first kappa shape index (κ1) is 13.2. The van der Waals surface area contributed by atoms with Gasteiger partial charge in [-0.15, -0.1) is 0 Å². The van der Waals surface area contributed by atoms with Gasteiger partial charge in [0.2, 0.25) is 0 Å². The molecule has 0 spiro atoms. The number of carbonyl (C=O) groups is 1. The lowest BCUT2D eigenvalue weighted by Gasteiger charge is -2.05. The second-order valence-corrected chi connectivity index (χ2v) is 4.56. The van der Waals surface area contributed by atoms with E-state index in [-0.39, 0.29) is 5.56 Å². The van der Waals surface area contributed by atoms with Gasteiger partial charge in [-0.2, -0.15) is 0 Å². The predicted octanol–water partition coefficient (Wildman–Crippen LogP) is 3.13. The van der Waals surface area contributed by atoms with Gasteiger partial charge in [-0.25, -0.2) is 9.78 Å². The van der Waals surface area contributed by atoms with Crippen molar-refractivity contribution >= 4 is 17.1 Å². The molecule has 0 amide bonds. The van der Waals surface area contributed by atoms with Gasteiger partial charge < -0.3 is 14.3 Å². The fourth-order valence-corrected chi connectivity index (χ4v) is 2.25. The minimum atomic E-state index is -1.03. The molecule has 0 unspecified atom stereocenters. The SMILES string of the molecule is COc1ccccc1Cc1nc2cccc(C(=O)O)c2o1. The normalized spacial score (nSPS) is 10.7. The Bertz CT molecular complexity index is 807. The van der Waals surface area contributed by atoms with Crippen LogP contribution >= 0.6 is 0 Å². The summed E-state index contributed by atoms with van der Waals surface area (Å²) < 4.78 is 10.9. The van der Waals surface area contributed by atoms with Crippen molar-refractivity contribution in [2.75, 3.05) is 7.11 Å². The largest absolute Gasteiger partial charge is 0.496 e. The molecule has 0 atom stereocenters. The summed E-state index contributed by atoms with van der Waals surface area (Å²) in [5, 5.41) is 9.16. The van der Waals surface area contributed by atoms with Gasteiger partial charge in [-0.1, -0.05) is 24.3 Å². The molecular weight excluding hydrogens is 270 g/mol. The number of fused-ring (bicyclic) bond motifs is 1. The average molecular weight is 283 g/mol. The number of aromatic nitrogens is 1. The van der Waals surface area contributed by atoms with Gasteiger partial charge >= 0.3 is 5.97 Å². The van der Waals surface area contributed by atoms with Crippen molar-refractivity contribution in [3.63, 3.8) is 0 Å². The Kier molecular flexibility index (Phi) is 3.31. The molecule has 0 aliphatic heterocycles. The van der Waals surface area contributed by atoms with Crippen LogP contribution in [0.3, 0.4) is 0 Å². The van der Waals surface area contributed by atoms with Crippen molar-refractivity contribution in [2.45, 2.75) is 6.42 Å². The number of para-hydroxylation sites is 2. The lowest BCUT2D eigenvalue weighted by Crippen LogP contribution is -1.95. The molecule has 1 aromatic heterocycles. The van der Waals surface area contributed by atoms with Crippen LogP contribution in [0.4, 0.5) is 0 Å². The molecule has 21 heavy (non-hydrogen) atoms. The van der Waals surface area contributed by atoms with Gasteiger partial charge in [0.05, 0.1) is 13.5 Å². The zero-order valence-electron chi connectivity index (χ0n) is 11.4. The van der Waals surface area contributed by atoms with Crippen LogP contribution in [0.2, 0.25) is 0 Å². The quantitative estimate of drug-likeness (QED) is 0.796. The molecule has 1 heterocycles. The number of methoxy groups -OCH3 is 1. The van der Waals surface area contributed by atoms with Crippen molar-refractivity contribution in [2.24, 2.45) is 0 Å². The lowest BCUT2D eigenvalue weighted by molar-refractivity contribution is 0.0698. The van der Waals surface area contributed by atoms with E-state index in [2.05, 4.69) is 4.98 Å². The van der Waals surface area contributed by atoms with Gasteiger partial charge in [-0.3, -0.25) is 0 Å². The number of carboxylic acids is 1. The monoisotopic (exact) mass is 283 g/mol. The van der Waals surface area contributed by atoms with Crippen LogP contribution in [0, 0.1) is 0 Å². The summed E-state index contributed by atoms with van der Waals surface area (Å²) in [6.45, 7) is 0. The van der Waals surface area contributed by atoms with E-state index in [9.17, 15) is 4.79 Å². The molecule has 2 aromatic carbocycles. The molecule has 1 N–H and O–H groups in total. The molecule has 3 aromatic rings. The van der Waals surface area contributed by atoms with Crippen molar-refractivity contribution in [3.8, 4) is 5.75 Å². The van der Waals surface area contributed by atoms with Gasteiger partial charge in [-0.05, 0) is 18.2 Å². The summed E-state index contributed by atoms with van der Waals surface area (Å²) in [6.07, 6.45) is 0.442. The molecule has 3 rings (SSSR count). The molecule has 5 heteroatoms. The van der Waals surface area contributed by atoms with Gasteiger partial charge in [0.1, 0.15) is 16.8 Å². The van der Waals surface area contributed by atoms with Gasteiger partial charge in [0.25, 0.3) is 0 Å². The maximum absolute atomic E-state index is 11.2. The molecule has 0 bridgehead atoms. The maximum Gasteiger partial charge on any atom is 0.339 e. The van der Waals surface area contributed by atoms with E-state index in [4.69, 9.17) is 14.3 Å². The summed E-state index contributed by atoms with van der Waals surface area (Å²) in [5.74, 6) is 0.182. The van der Waals surface area contributed by atoms with Crippen LogP contribution in [0.25, 0.3) is 11.1 Å². The van der Waals surface area contributed by atoms with Crippen molar-refractivity contribution < 1.29 is 19.1 Å².